The molecular weight excluding hydrogens is 593 g/mol. The van der Waals surface area contributed by atoms with Crippen molar-refractivity contribution in [1.29, 1.82) is 0 Å². The molecule has 1 rings (SSSR count). The molecule has 0 aromatic heterocycles. The van der Waals surface area contributed by atoms with Gasteiger partial charge >= 0.3 is 13.6 Å². The largest absolute Gasteiger partial charge is 0.479 e. The minimum Gasteiger partial charge on any atom is -0.479 e. The zero-order valence-corrected chi connectivity index (χ0v) is 27.8. The highest BCUT2D eigenvalue weighted by Crippen LogP contribution is 2.43. The molecule has 258 valence electrons. The third-order valence-electron chi connectivity index (χ3n) is 8.33. The lowest BCUT2D eigenvalue weighted by Gasteiger charge is -2.31. The Balaban J connectivity index is 2.45. The lowest BCUT2D eigenvalue weighted by Crippen LogP contribution is -2.55. The van der Waals surface area contributed by atoms with E-state index < -0.39 is 68.7 Å². The van der Waals surface area contributed by atoms with Crippen LogP contribution in [-0.4, -0.2) is 110 Å². The number of nitrogens with zero attached hydrogens (tertiary/aromatic N) is 1. The Morgan fingerprint density at radius 2 is 1.39 bits per heavy atom. The van der Waals surface area contributed by atoms with E-state index in [2.05, 4.69) is 17.6 Å². The second-order valence-corrected chi connectivity index (χ2v) is 14.3. The Morgan fingerprint density at radius 1 is 0.886 bits per heavy atom. The van der Waals surface area contributed by atoms with Crippen molar-refractivity contribution in [3.05, 3.63) is 0 Å². The van der Waals surface area contributed by atoms with Gasteiger partial charge in [-0.3, -0.25) is 19.1 Å². The highest BCUT2D eigenvalue weighted by Gasteiger charge is 2.47. The molecule has 0 aliphatic carbocycles. The van der Waals surface area contributed by atoms with Gasteiger partial charge in [0.15, 0.2) is 5.54 Å². The van der Waals surface area contributed by atoms with Crippen molar-refractivity contribution in [2.45, 2.75) is 140 Å². The smallest absolute Gasteiger partial charge is 0.331 e. The molecular formula is C30H58N3O10P. The van der Waals surface area contributed by atoms with Gasteiger partial charge in [-0.25, -0.2) is 4.79 Å². The van der Waals surface area contributed by atoms with Gasteiger partial charge in [0.25, 0.3) is 0 Å². The number of aliphatic hydroxyl groups excluding tert-OH is 3. The summed E-state index contributed by atoms with van der Waals surface area (Å²) >= 11 is 0. The number of likely N-dealkylation sites (tertiary alicyclic amines) is 1. The van der Waals surface area contributed by atoms with Crippen LogP contribution in [0, 0.1) is 0 Å². The van der Waals surface area contributed by atoms with E-state index in [4.69, 9.17) is 4.52 Å². The maximum Gasteiger partial charge on any atom is 0.331 e. The standard InChI is InChI=1S/C30H58N3O10P/c1-4-5-6-7-8-9-10-11-12-13-14-15-16-17-26(36)32-30(3,29(39)40)22-43-44(41,42)19-18-33-24(20-31-23(2)35)27(37)28(38)25(33)21-34/h24-25,27-28,34,37-38H,4-22H2,1-3H3,(H,31,35)(H,32,36)(H,39,40)(H,41,42)/t24-,25-,27-,28-,30?/m1/s1. The molecule has 0 aromatic rings. The molecule has 0 aromatic carbocycles. The number of aliphatic carboxylic acids is 1. The second kappa shape index (κ2) is 21.2. The number of aliphatic hydroxyl groups is 3. The van der Waals surface area contributed by atoms with Crippen molar-refractivity contribution in [3.63, 3.8) is 0 Å². The number of carbonyl (C=O) groups is 3. The average Bonchev–Trinajstić information content (AvgIpc) is 3.19. The summed E-state index contributed by atoms with van der Waals surface area (Å²) in [6.45, 7) is 3.12. The third-order valence-corrected chi connectivity index (χ3v) is 9.63. The molecule has 1 saturated heterocycles. The van der Waals surface area contributed by atoms with Gasteiger partial charge in [0, 0.05) is 26.4 Å². The summed E-state index contributed by atoms with van der Waals surface area (Å²) in [4.78, 5) is 47.6. The van der Waals surface area contributed by atoms with Crippen LogP contribution < -0.4 is 10.6 Å². The minimum atomic E-state index is -4.41. The van der Waals surface area contributed by atoms with Gasteiger partial charge in [0.05, 0.1) is 43.7 Å². The molecule has 44 heavy (non-hydrogen) atoms. The van der Waals surface area contributed by atoms with Gasteiger partial charge in [0.2, 0.25) is 11.8 Å². The van der Waals surface area contributed by atoms with Crippen LogP contribution in [0.15, 0.2) is 0 Å². The molecule has 1 aliphatic heterocycles. The van der Waals surface area contributed by atoms with Gasteiger partial charge in [-0.15, -0.1) is 0 Å². The lowest BCUT2D eigenvalue weighted by molar-refractivity contribution is -0.148. The fourth-order valence-corrected chi connectivity index (χ4v) is 6.56. The van der Waals surface area contributed by atoms with E-state index in [1.54, 1.807) is 0 Å². The van der Waals surface area contributed by atoms with Crippen LogP contribution in [0.1, 0.15) is 111 Å². The number of amides is 2. The molecule has 0 saturated carbocycles. The fourth-order valence-electron chi connectivity index (χ4n) is 5.49. The topological polar surface area (TPSA) is 206 Å². The molecule has 1 heterocycles. The molecule has 13 nitrogen and oxygen atoms in total. The van der Waals surface area contributed by atoms with Crippen LogP contribution in [0.3, 0.4) is 0 Å². The van der Waals surface area contributed by atoms with E-state index in [1.165, 1.54) is 76.5 Å². The Morgan fingerprint density at radius 3 is 1.86 bits per heavy atom. The third kappa shape index (κ3) is 15.1. The molecule has 14 heteroatoms. The first-order valence-corrected chi connectivity index (χ1v) is 18.0. The number of hydrogen-bond acceptors (Lipinski definition) is 9. The number of carboxylic acid groups (broad SMARTS) is 1. The summed E-state index contributed by atoms with van der Waals surface area (Å²) in [7, 11) is -4.41. The zero-order valence-electron chi connectivity index (χ0n) is 26.9. The number of carbonyl (C=O) groups excluding carboxylic acids is 2. The maximum atomic E-state index is 12.8. The van der Waals surface area contributed by atoms with E-state index in [0.717, 1.165) is 19.3 Å². The fraction of sp³-hybridized carbons (Fsp3) is 0.900. The van der Waals surface area contributed by atoms with Crippen LogP contribution in [0.2, 0.25) is 0 Å². The van der Waals surface area contributed by atoms with E-state index in [-0.39, 0.29) is 25.4 Å². The first kappa shape index (κ1) is 40.4. The molecule has 0 bridgehead atoms. The highest BCUT2D eigenvalue weighted by molar-refractivity contribution is 7.52. The summed E-state index contributed by atoms with van der Waals surface area (Å²) in [5.74, 6) is -2.28. The Kier molecular flexibility index (Phi) is 19.5. The van der Waals surface area contributed by atoms with Crippen LogP contribution in [0.4, 0.5) is 0 Å². The van der Waals surface area contributed by atoms with E-state index >= 15 is 0 Å². The Labute approximate surface area is 262 Å². The van der Waals surface area contributed by atoms with Crippen molar-refractivity contribution in [3.8, 4) is 0 Å². The van der Waals surface area contributed by atoms with E-state index in [0.29, 0.717) is 6.42 Å². The molecule has 0 spiro atoms. The molecule has 0 radical (unpaired) electrons. The molecule has 2 unspecified atom stereocenters. The minimum absolute atomic E-state index is 0.0664. The number of carboxylic acids is 1. The first-order valence-electron chi connectivity index (χ1n) is 16.3. The van der Waals surface area contributed by atoms with Crippen LogP contribution in [0.25, 0.3) is 0 Å². The van der Waals surface area contributed by atoms with E-state index in [9.17, 15) is 44.3 Å². The summed E-state index contributed by atoms with van der Waals surface area (Å²) in [6.07, 6.45) is 12.0. The van der Waals surface area contributed by atoms with Crippen LogP contribution in [0.5, 0.6) is 0 Å². The predicted molar refractivity (Wildman–Crippen MR) is 167 cm³/mol. The van der Waals surface area contributed by atoms with Crippen molar-refractivity contribution in [1.82, 2.24) is 15.5 Å². The van der Waals surface area contributed by atoms with Crippen molar-refractivity contribution >= 4 is 25.4 Å². The molecule has 1 fully saturated rings. The lowest BCUT2D eigenvalue weighted by atomic mass is 10.0. The second-order valence-electron chi connectivity index (χ2n) is 12.3. The van der Waals surface area contributed by atoms with Crippen molar-refractivity contribution in [2.75, 3.05) is 32.5 Å². The number of nitrogens with one attached hydrogen (secondary N) is 2. The zero-order chi connectivity index (χ0) is 33.2. The van der Waals surface area contributed by atoms with Crippen molar-refractivity contribution < 1.29 is 48.8 Å². The summed E-state index contributed by atoms with van der Waals surface area (Å²) in [6, 6.07) is -1.78. The molecule has 2 amide bonds. The SMILES string of the molecule is CCCCCCCCCCCCCCCC(=O)NC(C)(COP(=O)(O)CCN1[C@H](CO)[C@@H](O)[C@H](O)[C@H]1CNC(C)=O)C(=O)O. The monoisotopic (exact) mass is 651 g/mol. The van der Waals surface area contributed by atoms with Crippen LogP contribution in [-0.2, 0) is 23.5 Å². The van der Waals surface area contributed by atoms with Gasteiger partial charge in [0.1, 0.15) is 0 Å². The van der Waals surface area contributed by atoms with E-state index in [1.807, 2.05) is 0 Å². The highest BCUT2D eigenvalue weighted by atomic mass is 31.2. The summed E-state index contributed by atoms with van der Waals surface area (Å²) in [5.41, 5.74) is -1.94. The maximum absolute atomic E-state index is 12.8. The quantitative estimate of drug-likeness (QED) is 0.0564. The molecule has 1 aliphatic rings. The Bertz CT molecular complexity index is 910. The number of rotatable bonds is 25. The normalized spacial score (nSPS) is 23.2. The summed E-state index contributed by atoms with van der Waals surface area (Å²) in [5, 5.41) is 45.1. The van der Waals surface area contributed by atoms with Gasteiger partial charge < -0.3 is 40.5 Å². The van der Waals surface area contributed by atoms with Crippen molar-refractivity contribution in [2.24, 2.45) is 0 Å². The molecule has 7 N–H and O–H groups in total. The average molecular weight is 652 g/mol. The molecule has 6 atom stereocenters. The summed E-state index contributed by atoms with van der Waals surface area (Å²) < 4.78 is 17.9. The Hall–Kier alpha value is -1.60. The van der Waals surface area contributed by atoms with Gasteiger partial charge in [-0.05, 0) is 13.3 Å². The number of hydrogen-bond donors (Lipinski definition) is 7. The number of unbranched alkanes of at least 4 members (excludes halogenated alkanes) is 12. The van der Waals surface area contributed by atoms with Gasteiger partial charge in [-0.1, -0.05) is 84.0 Å². The van der Waals surface area contributed by atoms with Gasteiger partial charge in [-0.2, -0.15) is 0 Å². The first-order chi connectivity index (χ1) is 20.8. The van der Waals surface area contributed by atoms with Crippen LogP contribution >= 0.6 is 7.60 Å². The predicted octanol–water partition coefficient (Wildman–Crippen LogP) is 2.53.